The Bertz CT molecular complexity index is 1040. The van der Waals surface area contributed by atoms with Gasteiger partial charge in [-0.15, -0.1) is 10.2 Å². The molecule has 0 aliphatic carbocycles. The van der Waals surface area contributed by atoms with E-state index in [2.05, 4.69) is 25.7 Å². The summed E-state index contributed by atoms with van der Waals surface area (Å²) in [5.74, 6) is 1.73. The summed E-state index contributed by atoms with van der Waals surface area (Å²) in [5, 5.41) is 12.0. The van der Waals surface area contributed by atoms with E-state index in [4.69, 9.17) is 14.2 Å². The average molecular weight is 409 g/mol. The maximum absolute atomic E-state index is 12.3. The van der Waals surface area contributed by atoms with Gasteiger partial charge in [0.25, 0.3) is 5.56 Å². The first-order chi connectivity index (χ1) is 14.7. The fourth-order valence-electron chi connectivity index (χ4n) is 2.66. The van der Waals surface area contributed by atoms with Crippen LogP contribution in [0.1, 0.15) is 18.9 Å². The highest BCUT2D eigenvalue weighted by molar-refractivity contribution is 5.82. The second kappa shape index (κ2) is 10.1. The van der Waals surface area contributed by atoms with E-state index in [1.54, 1.807) is 44.7 Å². The molecular weight excluding hydrogens is 386 g/mol. The van der Waals surface area contributed by atoms with Gasteiger partial charge in [-0.25, -0.2) is 5.43 Å². The molecule has 0 aliphatic rings. The van der Waals surface area contributed by atoms with Crippen molar-refractivity contribution >= 4 is 12.2 Å². The Balaban J connectivity index is 1.76. The van der Waals surface area contributed by atoms with Crippen LogP contribution in [0, 0.1) is 0 Å². The number of aromatic amines is 1. The first kappa shape index (κ1) is 20.8. The van der Waals surface area contributed by atoms with E-state index >= 15 is 0 Å². The van der Waals surface area contributed by atoms with Crippen molar-refractivity contribution in [2.24, 2.45) is 5.10 Å². The summed E-state index contributed by atoms with van der Waals surface area (Å²) in [6.45, 7) is 2.57. The molecule has 3 rings (SSSR count). The number of benzene rings is 2. The Hall–Kier alpha value is -3.88. The van der Waals surface area contributed by atoms with Crippen LogP contribution in [0.4, 0.5) is 5.95 Å². The van der Waals surface area contributed by atoms with Crippen molar-refractivity contribution in [3.63, 3.8) is 0 Å². The van der Waals surface area contributed by atoms with Gasteiger partial charge in [0, 0.05) is 11.1 Å². The van der Waals surface area contributed by atoms with Crippen LogP contribution < -0.4 is 25.2 Å². The second-order valence-corrected chi connectivity index (χ2v) is 6.19. The number of aromatic nitrogens is 3. The van der Waals surface area contributed by atoms with E-state index in [0.717, 1.165) is 6.42 Å². The molecule has 0 atom stereocenters. The number of nitrogens with zero attached hydrogens (tertiary/aromatic N) is 3. The SMILES string of the molecule is CCCOc1c(OC)cc(/C=N/Nc2nnc(-c3ccccc3)c(=O)[nH]2)cc1OC. The molecule has 2 aromatic carbocycles. The van der Waals surface area contributed by atoms with E-state index in [0.29, 0.717) is 35.0 Å². The summed E-state index contributed by atoms with van der Waals surface area (Å²) in [6, 6.07) is 12.6. The molecule has 0 saturated carbocycles. The topological polar surface area (TPSA) is 111 Å². The molecule has 1 aromatic heterocycles. The summed E-state index contributed by atoms with van der Waals surface area (Å²) in [4.78, 5) is 14.9. The molecule has 3 aromatic rings. The standard InChI is InChI=1S/C21H23N5O4/c1-4-10-30-19-16(28-2)11-14(12-17(19)29-3)13-22-25-21-23-20(27)18(24-26-21)15-8-6-5-7-9-15/h5-9,11-13H,4,10H2,1-3H3,(H2,23,25,26,27)/b22-13+. The first-order valence-corrected chi connectivity index (χ1v) is 9.36. The summed E-state index contributed by atoms with van der Waals surface area (Å²) in [5.41, 5.74) is 3.93. The van der Waals surface area contributed by atoms with Crippen LogP contribution in [-0.2, 0) is 0 Å². The minimum atomic E-state index is -0.366. The van der Waals surface area contributed by atoms with Crippen LogP contribution in [-0.4, -0.2) is 42.2 Å². The maximum atomic E-state index is 12.3. The highest BCUT2D eigenvalue weighted by Gasteiger charge is 2.13. The molecule has 2 N–H and O–H groups in total. The molecule has 0 bridgehead atoms. The number of ether oxygens (including phenoxy) is 3. The predicted octanol–water partition coefficient (Wildman–Crippen LogP) is 3.08. The molecule has 9 nitrogen and oxygen atoms in total. The van der Waals surface area contributed by atoms with E-state index in [-0.39, 0.29) is 17.2 Å². The molecule has 1 heterocycles. The number of rotatable bonds is 9. The zero-order chi connectivity index (χ0) is 21.3. The number of hydrogen-bond donors (Lipinski definition) is 2. The summed E-state index contributed by atoms with van der Waals surface area (Å²) in [7, 11) is 3.11. The van der Waals surface area contributed by atoms with Crippen molar-refractivity contribution in [3.05, 3.63) is 58.4 Å². The zero-order valence-corrected chi connectivity index (χ0v) is 17.0. The van der Waals surface area contributed by atoms with Crippen molar-refractivity contribution in [1.82, 2.24) is 15.2 Å². The van der Waals surface area contributed by atoms with Gasteiger partial charge in [0.1, 0.15) is 0 Å². The summed E-state index contributed by atoms with van der Waals surface area (Å²) < 4.78 is 16.5. The van der Waals surface area contributed by atoms with Gasteiger partial charge in [0.05, 0.1) is 27.0 Å². The van der Waals surface area contributed by atoms with Gasteiger partial charge in [-0.1, -0.05) is 37.3 Å². The van der Waals surface area contributed by atoms with Gasteiger partial charge < -0.3 is 14.2 Å². The Kier molecular flexibility index (Phi) is 6.99. The highest BCUT2D eigenvalue weighted by atomic mass is 16.5. The lowest BCUT2D eigenvalue weighted by Gasteiger charge is -2.14. The van der Waals surface area contributed by atoms with Crippen LogP contribution in [0.3, 0.4) is 0 Å². The maximum Gasteiger partial charge on any atom is 0.279 e. The van der Waals surface area contributed by atoms with Crippen molar-refractivity contribution < 1.29 is 14.2 Å². The second-order valence-electron chi connectivity index (χ2n) is 6.19. The minimum Gasteiger partial charge on any atom is -0.493 e. The Morgan fingerprint density at radius 1 is 1.10 bits per heavy atom. The fraction of sp³-hybridized carbons (Fsp3) is 0.238. The third-order valence-corrected chi connectivity index (χ3v) is 4.06. The Morgan fingerprint density at radius 3 is 2.40 bits per heavy atom. The molecule has 0 fully saturated rings. The number of nitrogens with one attached hydrogen (secondary N) is 2. The van der Waals surface area contributed by atoms with Crippen LogP contribution >= 0.6 is 0 Å². The minimum absolute atomic E-state index is 0.123. The van der Waals surface area contributed by atoms with Gasteiger partial charge in [0.2, 0.25) is 11.7 Å². The molecule has 30 heavy (non-hydrogen) atoms. The largest absolute Gasteiger partial charge is 0.493 e. The van der Waals surface area contributed by atoms with Crippen LogP contribution in [0.15, 0.2) is 52.4 Å². The molecule has 9 heteroatoms. The van der Waals surface area contributed by atoms with E-state index in [1.807, 2.05) is 25.1 Å². The number of hydrazone groups is 1. The van der Waals surface area contributed by atoms with Crippen LogP contribution in [0.5, 0.6) is 17.2 Å². The van der Waals surface area contributed by atoms with E-state index in [1.165, 1.54) is 0 Å². The zero-order valence-electron chi connectivity index (χ0n) is 17.0. The third kappa shape index (κ3) is 4.93. The van der Waals surface area contributed by atoms with Crippen molar-refractivity contribution in [2.75, 3.05) is 26.3 Å². The average Bonchev–Trinajstić information content (AvgIpc) is 2.78. The lowest BCUT2D eigenvalue weighted by Crippen LogP contribution is -2.15. The quantitative estimate of drug-likeness (QED) is 0.413. The molecule has 0 unspecified atom stereocenters. The van der Waals surface area contributed by atoms with E-state index < -0.39 is 0 Å². The molecule has 0 spiro atoms. The third-order valence-electron chi connectivity index (χ3n) is 4.06. The molecule has 0 aliphatic heterocycles. The first-order valence-electron chi connectivity index (χ1n) is 9.36. The van der Waals surface area contributed by atoms with E-state index in [9.17, 15) is 4.79 Å². The number of hydrogen-bond acceptors (Lipinski definition) is 8. The predicted molar refractivity (Wildman–Crippen MR) is 115 cm³/mol. The number of H-pyrrole nitrogens is 1. The lowest BCUT2D eigenvalue weighted by atomic mass is 10.2. The van der Waals surface area contributed by atoms with Crippen molar-refractivity contribution in [3.8, 4) is 28.5 Å². The number of anilines is 1. The molecule has 0 radical (unpaired) electrons. The van der Waals surface area contributed by atoms with Crippen molar-refractivity contribution in [2.45, 2.75) is 13.3 Å². The van der Waals surface area contributed by atoms with Gasteiger partial charge >= 0.3 is 0 Å². The molecule has 156 valence electrons. The fourth-order valence-corrected chi connectivity index (χ4v) is 2.66. The normalized spacial score (nSPS) is 10.8. The van der Waals surface area contributed by atoms with Crippen LogP contribution in [0.25, 0.3) is 11.3 Å². The Labute approximate surface area is 173 Å². The van der Waals surface area contributed by atoms with Gasteiger partial charge in [-0.05, 0) is 18.6 Å². The Morgan fingerprint density at radius 2 is 1.80 bits per heavy atom. The highest BCUT2D eigenvalue weighted by Crippen LogP contribution is 2.38. The summed E-state index contributed by atoms with van der Waals surface area (Å²) >= 11 is 0. The van der Waals surface area contributed by atoms with Gasteiger partial charge in [0.15, 0.2) is 17.2 Å². The summed E-state index contributed by atoms with van der Waals surface area (Å²) in [6.07, 6.45) is 2.40. The molecular formula is C21H23N5O4. The van der Waals surface area contributed by atoms with Gasteiger partial charge in [-0.3, -0.25) is 9.78 Å². The van der Waals surface area contributed by atoms with Gasteiger partial charge in [-0.2, -0.15) is 5.10 Å². The monoisotopic (exact) mass is 409 g/mol. The number of methoxy groups -OCH3 is 2. The smallest absolute Gasteiger partial charge is 0.279 e. The molecule has 0 amide bonds. The van der Waals surface area contributed by atoms with Crippen molar-refractivity contribution in [1.29, 1.82) is 0 Å². The molecule has 0 saturated heterocycles. The van der Waals surface area contributed by atoms with Crippen LogP contribution in [0.2, 0.25) is 0 Å². The lowest BCUT2D eigenvalue weighted by molar-refractivity contribution is 0.275.